The molecule has 2 atom stereocenters. The lowest BCUT2D eigenvalue weighted by Gasteiger charge is -2.34. The zero-order valence-electron chi connectivity index (χ0n) is 11.2. The zero-order valence-corrected chi connectivity index (χ0v) is 11.2. The average Bonchev–Trinajstić information content (AvgIpc) is 2.28. The molecule has 3 heteroatoms. The van der Waals surface area contributed by atoms with Crippen molar-refractivity contribution in [3.8, 4) is 0 Å². The largest absolute Gasteiger partial charge is 0.325 e. The van der Waals surface area contributed by atoms with Gasteiger partial charge >= 0.3 is 0 Å². The number of piperidine rings is 1. The van der Waals surface area contributed by atoms with Crippen LogP contribution < -0.4 is 5.32 Å². The summed E-state index contributed by atoms with van der Waals surface area (Å²) in [6.07, 6.45) is 1.27. The fourth-order valence-electron chi connectivity index (χ4n) is 2.85. The van der Waals surface area contributed by atoms with Crippen LogP contribution >= 0.6 is 0 Å². The standard InChI is InChI=1S/C15H22N2O/c1-12-8-13(2)10-17(9-12)11-15(18)16-14-6-4-3-5-7-14/h3-7,12-13H,8-11H2,1-2H3,(H,16,18)/t12-,13+. The second-order valence-corrected chi connectivity index (χ2v) is 5.55. The quantitative estimate of drug-likeness (QED) is 0.889. The van der Waals surface area contributed by atoms with Crippen LogP contribution in [0.3, 0.4) is 0 Å². The first-order chi connectivity index (χ1) is 8.63. The van der Waals surface area contributed by atoms with Crippen molar-refractivity contribution in [3.63, 3.8) is 0 Å². The Hall–Kier alpha value is -1.35. The summed E-state index contributed by atoms with van der Waals surface area (Å²) < 4.78 is 0. The maximum Gasteiger partial charge on any atom is 0.238 e. The normalized spacial score (nSPS) is 24.8. The Kier molecular flexibility index (Phi) is 4.37. The van der Waals surface area contributed by atoms with E-state index in [4.69, 9.17) is 0 Å². The third-order valence-electron chi connectivity index (χ3n) is 3.37. The van der Waals surface area contributed by atoms with E-state index in [0.717, 1.165) is 18.8 Å². The molecule has 1 heterocycles. The van der Waals surface area contributed by atoms with E-state index >= 15 is 0 Å². The van der Waals surface area contributed by atoms with Crippen LogP contribution in [0.2, 0.25) is 0 Å². The molecule has 0 spiro atoms. The van der Waals surface area contributed by atoms with Gasteiger partial charge in [0.25, 0.3) is 0 Å². The maximum atomic E-state index is 11.9. The number of rotatable bonds is 3. The zero-order chi connectivity index (χ0) is 13.0. The number of carbonyl (C=O) groups excluding carboxylic acids is 1. The smallest absolute Gasteiger partial charge is 0.238 e. The summed E-state index contributed by atoms with van der Waals surface area (Å²) in [7, 11) is 0. The predicted molar refractivity (Wildman–Crippen MR) is 74.5 cm³/mol. The van der Waals surface area contributed by atoms with Crippen LogP contribution in [0.5, 0.6) is 0 Å². The second-order valence-electron chi connectivity index (χ2n) is 5.55. The van der Waals surface area contributed by atoms with Crippen LogP contribution in [0.4, 0.5) is 5.69 Å². The first kappa shape index (κ1) is 13.1. The SMILES string of the molecule is C[C@@H]1C[C@H](C)CN(CC(=O)Nc2ccccc2)C1. The lowest BCUT2D eigenvalue weighted by atomic mass is 9.92. The number of likely N-dealkylation sites (tertiary alicyclic amines) is 1. The second kappa shape index (κ2) is 6.01. The van der Waals surface area contributed by atoms with Gasteiger partial charge in [0.2, 0.25) is 5.91 Å². The topological polar surface area (TPSA) is 32.3 Å². The summed E-state index contributed by atoms with van der Waals surface area (Å²) in [6.45, 7) is 7.10. The van der Waals surface area contributed by atoms with Crippen LogP contribution in [-0.2, 0) is 4.79 Å². The number of carbonyl (C=O) groups is 1. The Balaban J connectivity index is 1.84. The highest BCUT2D eigenvalue weighted by molar-refractivity contribution is 5.92. The molecule has 0 unspecified atom stereocenters. The van der Waals surface area contributed by atoms with Crippen molar-refractivity contribution >= 4 is 11.6 Å². The third kappa shape index (κ3) is 3.84. The Bertz CT molecular complexity index is 381. The summed E-state index contributed by atoms with van der Waals surface area (Å²) in [4.78, 5) is 14.2. The number of anilines is 1. The van der Waals surface area contributed by atoms with E-state index in [0.29, 0.717) is 18.4 Å². The van der Waals surface area contributed by atoms with Gasteiger partial charge in [0, 0.05) is 18.8 Å². The fraction of sp³-hybridized carbons (Fsp3) is 0.533. The van der Waals surface area contributed by atoms with E-state index in [1.165, 1.54) is 6.42 Å². The van der Waals surface area contributed by atoms with Crippen molar-refractivity contribution < 1.29 is 4.79 Å². The van der Waals surface area contributed by atoms with Gasteiger partial charge in [-0.2, -0.15) is 0 Å². The molecule has 1 saturated heterocycles. The van der Waals surface area contributed by atoms with Crippen molar-refractivity contribution in [3.05, 3.63) is 30.3 Å². The minimum absolute atomic E-state index is 0.0856. The van der Waals surface area contributed by atoms with Crippen molar-refractivity contribution in [1.29, 1.82) is 0 Å². The molecule has 1 aromatic rings. The first-order valence-corrected chi connectivity index (χ1v) is 6.70. The van der Waals surface area contributed by atoms with Crippen molar-refractivity contribution in [2.24, 2.45) is 11.8 Å². The van der Waals surface area contributed by atoms with E-state index < -0.39 is 0 Å². The Morgan fingerprint density at radius 1 is 1.22 bits per heavy atom. The van der Waals surface area contributed by atoms with Crippen molar-refractivity contribution in [1.82, 2.24) is 4.90 Å². The third-order valence-corrected chi connectivity index (χ3v) is 3.37. The molecular weight excluding hydrogens is 224 g/mol. The minimum Gasteiger partial charge on any atom is -0.325 e. The van der Waals surface area contributed by atoms with E-state index in [2.05, 4.69) is 24.1 Å². The highest BCUT2D eigenvalue weighted by Gasteiger charge is 2.23. The highest BCUT2D eigenvalue weighted by atomic mass is 16.2. The van der Waals surface area contributed by atoms with Crippen molar-refractivity contribution in [2.45, 2.75) is 20.3 Å². The highest BCUT2D eigenvalue weighted by Crippen LogP contribution is 2.20. The van der Waals surface area contributed by atoms with Gasteiger partial charge in [-0.3, -0.25) is 9.69 Å². The van der Waals surface area contributed by atoms with Gasteiger partial charge in [0.15, 0.2) is 0 Å². The summed E-state index contributed by atoms with van der Waals surface area (Å²) in [5, 5.41) is 2.94. The molecule has 0 radical (unpaired) electrons. The summed E-state index contributed by atoms with van der Waals surface area (Å²) in [5.74, 6) is 1.47. The Morgan fingerprint density at radius 3 is 2.44 bits per heavy atom. The number of hydrogen-bond donors (Lipinski definition) is 1. The molecule has 1 N–H and O–H groups in total. The Morgan fingerprint density at radius 2 is 1.83 bits per heavy atom. The summed E-state index contributed by atoms with van der Waals surface area (Å²) >= 11 is 0. The molecular formula is C15H22N2O. The summed E-state index contributed by atoms with van der Waals surface area (Å²) in [5.41, 5.74) is 0.876. The van der Waals surface area contributed by atoms with Gasteiger partial charge in [-0.05, 0) is 30.4 Å². The van der Waals surface area contributed by atoms with Crippen molar-refractivity contribution in [2.75, 3.05) is 25.0 Å². The number of hydrogen-bond acceptors (Lipinski definition) is 2. The Labute approximate surface area is 109 Å². The predicted octanol–water partition coefficient (Wildman–Crippen LogP) is 2.60. The molecule has 2 rings (SSSR count). The number of nitrogens with zero attached hydrogens (tertiary/aromatic N) is 1. The lowest BCUT2D eigenvalue weighted by Crippen LogP contribution is -2.42. The maximum absolute atomic E-state index is 11.9. The van der Waals surface area contributed by atoms with Crippen LogP contribution in [-0.4, -0.2) is 30.4 Å². The number of amides is 1. The minimum atomic E-state index is 0.0856. The molecule has 1 aliphatic rings. The molecule has 0 aliphatic carbocycles. The van der Waals surface area contributed by atoms with Gasteiger partial charge in [0.1, 0.15) is 0 Å². The van der Waals surface area contributed by atoms with E-state index in [1.807, 2.05) is 30.3 Å². The van der Waals surface area contributed by atoms with E-state index in [-0.39, 0.29) is 5.91 Å². The van der Waals surface area contributed by atoms with Gasteiger partial charge in [-0.25, -0.2) is 0 Å². The van der Waals surface area contributed by atoms with Gasteiger partial charge < -0.3 is 5.32 Å². The van der Waals surface area contributed by atoms with E-state index in [9.17, 15) is 4.79 Å². The van der Waals surface area contributed by atoms with Crippen LogP contribution in [0.25, 0.3) is 0 Å². The molecule has 3 nitrogen and oxygen atoms in total. The monoisotopic (exact) mass is 246 g/mol. The fourth-order valence-corrected chi connectivity index (χ4v) is 2.85. The molecule has 0 bridgehead atoms. The van der Waals surface area contributed by atoms with Crippen LogP contribution in [0.15, 0.2) is 30.3 Å². The molecule has 98 valence electrons. The molecule has 1 amide bonds. The number of benzene rings is 1. The van der Waals surface area contributed by atoms with Crippen LogP contribution in [0.1, 0.15) is 20.3 Å². The average molecular weight is 246 g/mol. The van der Waals surface area contributed by atoms with E-state index in [1.54, 1.807) is 0 Å². The molecule has 1 aliphatic heterocycles. The van der Waals surface area contributed by atoms with Gasteiger partial charge in [0.05, 0.1) is 6.54 Å². The number of nitrogens with one attached hydrogen (secondary N) is 1. The molecule has 1 aromatic carbocycles. The molecule has 0 saturated carbocycles. The summed E-state index contributed by atoms with van der Waals surface area (Å²) in [6, 6.07) is 9.64. The molecule has 1 fully saturated rings. The van der Waals surface area contributed by atoms with Gasteiger partial charge in [-0.1, -0.05) is 32.0 Å². The molecule has 0 aromatic heterocycles. The lowest BCUT2D eigenvalue weighted by molar-refractivity contribution is -0.117. The van der Waals surface area contributed by atoms with Crippen LogP contribution in [0, 0.1) is 11.8 Å². The van der Waals surface area contributed by atoms with Gasteiger partial charge in [-0.15, -0.1) is 0 Å². The first-order valence-electron chi connectivity index (χ1n) is 6.70. The number of para-hydroxylation sites is 1. The molecule has 18 heavy (non-hydrogen) atoms.